The van der Waals surface area contributed by atoms with E-state index in [2.05, 4.69) is 35.2 Å². The lowest BCUT2D eigenvalue weighted by atomic mass is 9.91. The number of hydrogen-bond donors (Lipinski definition) is 1. The summed E-state index contributed by atoms with van der Waals surface area (Å²) in [7, 11) is 0. The van der Waals surface area contributed by atoms with Crippen LogP contribution in [-0.4, -0.2) is 35.6 Å². The molecule has 0 radical (unpaired) electrons. The van der Waals surface area contributed by atoms with Crippen LogP contribution in [-0.2, 0) is 11.2 Å². The zero-order valence-corrected chi connectivity index (χ0v) is 12.1. The number of carboxylic acids is 1. The molecule has 3 heteroatoms. The third-order valence-corrected chi connectivity index (χ3v) is 4.09. The van der Waals surface area contributed by atoms with E-state index >= 15 is 0 Å². The number of hydrogen-bond acceptors (Lipinski definition) is 2. The van der Waals surface area contributed by atoms with Crippen LogP contribution in [0.3, 0.4) is 0 Å². The Labute approximate surface area is 121 Å². The van der Waals surface area contributed by atoms with Gasteiger partial charge in [-0.05, 0) is 56.7 Å². The highest BCUT2D eigenvalue weighted by atomic mass is 16.4. The van der Waals surface area contributed by atoms with Crippen molar-refractivity contribution in [1.82, 2.24) is 4.90 Å². The van der Waals surface area contributed by atoms with Crippen molar-refractivity contribution in [2.24, 2.45) is 5.92 Å². The van der Waals surface area contributed by atoms with Crippen molar-refractivity contribution in [1.29, 1.82) is 0 Å². The second-order valence-electron chi connectivity index (χ2n) is 5.85. The summed E-state index contributed by atoms with van der Waals surface area (Å²) in [4.78, 5) is 13.0. The number of rotatable bonds is 7. The molecule has 2 rings (SSSR count). The van der Waals surface area contributed by atoms with E-state index in [0.717, 1.165) is 25.3 Å². The van der Waals surface area contributed by atoms with Gasteiger partial charge in [0.25, 0.3) is 0 Å². The fourth-order valence-electron chi connectivity index (χ4n) is 3.08. The molecule has 1 unspecified atom stereocenters. The zero-order valence-electron chi connectivity index (χ0n) is 12.1. The predicted octanol–water partition coefficient (Wildman–Crippen LogP) is 3.20. The predicted molar refractivity (Wildman–Crippen MR) is 80.8 cm³/mol. The van der Waals surface area contributed by atoms with E-state index in [1.165, 1.54) is 37.9 Å². The lowest BCUT2D eigenvalue weighted by molar-refractivity contribution is -0.137. The molecule has 3 nitrogen and oxygen atoms in total. The number of benzene rings is 1. The lowest BCUT2D eigenvalue weighted by Crippen LogP contribution is -2.36. The number of piperidine rings is 1. The molecule has 0 amide bonds. The lowest BCUT2D eigenvalue weighted by Gasteiger charge is -2.32. The highest BCUT2D eigenvalue weighted by molar-refractivity contribution is 5.66. The van der Waals surface area contributed by atoms with Gasteiger partial charge in [0.1, 0.15) is 0 Å². The Morgan fingerprint density at radius 1 is 1.25 bits per heavy atom. The first-order chi connectivity index (χ1) is 9.74. The SMILES string of the molecule is O=C(O)CCCCN1CCCC(Cc2ccccc2)C1. The Bertz CT molecular complexity index is 405. The summed E-state index contributed by atoms with van der Waals surface area (Å²) in [5, 5.41) is 8.64. The molecule has 1 aromatic rings. The molecule has 0 spiro atoms. The third kappa shape index (κ3) is 5.33. The van der Waals surface area contributed by atoms with E-state index in [0.29, 0.717) is 6.42 Å². The van der Waals surface area contributed by atoms with E-state index in [-0.39, 0.29) is 0 Å². The molecule has 0 saturated carbocycles. The van der Waals surface area contributed by atoms with Gasteiger partial charge in [-0.1, -0.05) is 30.3 Å². The molecular formula is C17H25NO2. The van der Waals surface area contributed by atoms with Gasteiger partial charge in [0, 0.05) is 13.0 Å². The Hall–Kier alpha value is -1.35. The highest BCUT2D eigenvalue weighted by Crippen LogP contribution is 2.21. The van der Waals surface area contributed by atoms with Gasteiger partial charge in [0.2, 0.25) is 0 Å². The number of unbranched alkanes of at least 4 members (excludes halogenated alkanes) is 1. The maximum absolute atomic E-state index is 10.5. The van der Waals surface area contributed by atoms with Gasteiger partial charge in [-0.2, -0.15) is 0 Å². The van der Waals surface area contributed by atoms with Gasteiger partial charge in [0.05, 0.1) is 0 Å². The quantitative estimate of drug-likeness (QED) is 0.777. The Morgan fingerprint density at radius 3 is 2.80 bits per heavy atom. The molecule has 1 fully saturated rings. The van der Waals surface area contributed by atoms with E-state index in [1.807, 2.05) is 0 Å². The minimum atomic E-state index is -0.675. The maximum Gasteiger partial charge on any atom is 0.303 e. The van der Waals surface area contributed by atoms with Crippen molar-refractivity contribution in [3.8, 4) is 0 Å². The summed E-state index contributed by atoms with van der Waals surface area (Å²) in [5.41, 5.74) is 1.44. The van der Waals surface area contributed by atoms with E-state index in [4.69, 9.17) is 5.11 Å². The summed E-state index contributed by atoms with van der Waals surface area (Å²) in [6.45, 7) is 3.40. The number of aliphatic carboxylic acids is 1. The van der Waals surface area contributed by atoms with Crippen LogP contribution in [0.5, 0.6) is 0 Å². The molecule has 1 aliphatic heterocycles. The van der Waals surface area contributed by atoms with Crippen LogP contribution in [0.2, 0.25) is 0 Å². The standard InChI is InChI=1S/C17H25NO2/c19-17(20)10-4-5-11-18-12-6-9-16(14-18)13-15-7-2-1-3-8-15/h1-3,7-8,16H,4-6,9-14H2,(H,19,20). The summed E-state index contributed by atoms with van der Waals surface area (Å²) < 4.78 is 0. The van der Waals surface area contributed by atoms with Crippen LogP contribution in [0.4, 0.5) is 0 Å². The smallest absolute Gasteiger partial charge is 0.303 e. The van der Waals surface area contributed by atoms with Crippen molar-refractivity contribution in [3.63, 3.8) is 0 Å². The van der Waals surface area contributed by atoms with Crippen LogP contribution < -0.4 is 0 Å². The van der Waals surface area contributed by atoms with Crippen molar-refractivity contribution in [3.05, 3.63) is 35.9 Å². The molecule has 20 heavy (non-hydrogen) atoms. The molecule has 0 bridgehead atoms. The monoisotopic (exact) mass is 275 g/mol. The van der Waals surface area contributed by atoms with E-state index < -0.39 is 5.97 Å². The Morgan fingerprint density at radius 2 is 2.05 bits per heavy atom. The largest absolute Gasteiger partial charge is 0.481 e. The molecule has 1 heterocycles. The zero-order chi connectivity index (χ0) is 14.2. The molecule has 1 N–H and O–H groups in total. The number of carbonyl (C=O) groups is 1. The van der Waals surface area contributed by atoms with Crippen molar-refractivity contribution >= 4 is 5.97 Å². The highest BCUT2D eigenvalue weighted by Gasteiger charge is 2.19. The van der Waals surface area contributed by atoms with Crippen LogP contribution in [0.25, 0.3) is 0 Å². The second-order valence-corrected chi connectivity index (χ2v) is 5.85. The second kappa shape index (κ2) is 8.05. The average Bonchev–Trinajstić information content (AvgIpc) is 2.45. The first-order valence-electron chi connectivity index (χ1n) is 7.72. The van der Waals surface area contributed by atoms with Crippen LogP contribution in [0, 0.1) is 5.92 Å². The third-order valence-electron chi connectivity index (χ3n) is 4.09. The fraction of sp³-hybridized carbons (Fsp3) is 0.588. The summed E-state index contributed by atoms with van der Waals surface area (Å²) in [6, 6.07) is 10.7. The van der Waals surface area contributed by atoms with Gasteiger partial charge in [-0.3, -0.25) is 4.79 Å². The molecule has 1 aliphatic rings. The number of likely N-dealkylation sites (tertiary alicyclic amines) is 1. The Kier molecular flexibility index (Phi) is 6.06. The molecule has 0 aliphatic carbocycles. The first kappa shape index (κ1) is 15.0. The topological polar surface area (TPSA) is 40.5 Å². The fourth-order valence-corrected chi connectivity index (χ4v) is 3.08. The van der Waals surface area contributed by atoms with Crippen LogP contribution >= 0.6 is 0 Å². The van der Waals surface area contributed by atoms with Crippen molar-refractivity contribution in [2.45, 2.75) is 38.5 Å². The molecule has 1 aromatic carbocycles. The number of nitrogens with zero attached hydrogens (tertiary/aromatic N) is 1. The molecular weight excluding hydrogens is 250 g/mol. The molecule has 1 saturated heterocycles. The Balaban J connectivity index is 1.70. The summed E-state index contributed by atoms with van der Waals surface area (Å²) in [5.74, 6) is 0.0798. The van der Waals surface area contributed by atoms with Gasteiger partial charge < -0.3 is 10.0 Å². The normalized spacial score (nSPS) is 19.9. The summed E-state index contributed by atoms with van der Waals surface area (Å²) >= 11 is 0. The minimum absolute atomic E-state index is 0.307. The first-order valence-corrected chi connectivity index (χ1v) is 7.72. The van der Waals surface area contributed by atoms with Crippen molar-refractivity contribution in [2.75, 3.05) is 19.6 Å². The molecule has 110 valence electrons. The average molecular weight is 275 g/mol. The van der Waals surface area contributed by atoms with Gasteiger partial charge in [-0.15, -0.1) is 0 Å². The summed E-state index contributed by atoms with van der Waals surface area (Å²) in [6.07, 6.45) is 5.88. The van der Waals surface area contributed by atoms with Gasteiger partial charge in [0.15, 0.2) is 0 Å². The van der Waals surface area contributed by atoms with E-state index in [9.17, 15) is 4.79 Å². The van der Waals surface area contributed by atoms with Crippen molar-refractivity contribution < 1.29 is 9.90 Å². The molecule has 1 atom stereocenters. The van der Waals surface area contributed by atoms with Crippen LogP contribution in [0.1, 0.15) is 37.7 Å². The number of carboxylic acid groups (broad SMARTS) is 1. The van der Waals surface area contributed by atoms with Crippen LogP contribution in [0.15, 0.2) is 30.3 Å². The molecule has 0 aromatic heterocycles. The maximum atomic E-state index is 10.5. The van der Waals surface area contributed by atoms with Gasteiger partial charge >= 0.3 is 5.97 Å². The minimum Gasteiger partial charge on any atom is -0.481 e. The van der Waals surface area contributed by atoms with Gasteiger partial charge in [-0.25, -0.2) is 0 Å². The van der Waals surface area contributed by atoms with E-state index in [1.54, 1.807) is 0 Å².